The molecule has 0 radical (unpaired) electrons. The van der Waals surface area contributed by atoms with Crippen LogP contribution in [0.1, 0.15) is 23.3 Å². The van der Waals surface area contributed by atoms with Crippen LogP contribution < -0.4 is 10.2 Å². The lowest BCUT2D eigenvalue weighted by Crippen LogP contribution is -2.42. The zero-order valence-electron chi connectivity index (χ0n) is 10.4. The van der Waals surface area contributed by atoms with Gasteiger partial charge in [0.25, 0.3) is 0 Å². The quantitative estimate of drug-likeness (QED) is 0.869. The SMILES string of the molecule is CNC(=O)C1CCCN1c1ccc(Cl)c(C(=O)O)n1. The smallest absolute Gasteiger partial charge is 0.356 e. The van der Waals surface area contributed by atoms with Crippen molar-refractivity contribution >= 4 is 29.3 Å². The molecule has 102 valence electrons. The summed E-state index contributed by atoms with van der Waals surface area (Å²) >= 11 is 5.78. The topological polar surface area (TPSA) is 82.5 Å². The van der Waals surface area contributed by atoms with Crippen molar-refractivity contribution in [3.05, 3.63) is 22.8 Å². The Morgan fingerprint density at radius 2 is 2.26 bits per heavy atom. The van der Waals surface area contributed by atoms with E-state index in [0.29, 0.717) is 12.4 Å². The molecule has 1 fully saturated rings. The zero-order chi connectivity index (χ0) is 14.0. The molecule has 0 aliphatic carbocycles. The van der Waals surface area contributed by atoms with Gasteiger partial charge >= 0.3 is 5.97 Å². The van der Waals surface area contributed by atoms with E-state index in [-0.39, 0.29) is 22.7 Å². The van der Waals surface area contributed by atoms with Gasteiger partial charge in [0.1, 0.15) is 11.9 Å². The standard InChI is InChI=1S/C12H14ClN3O3/c1-14-11(17)8-3-2-6-16(8)9-5-4-7(13)10(15-9)12(18)19/h4-5,8H,2-3,6H2,1H3,(H,14,17)(H,18,19). The van der Waals surface area contributed by atoms with Crippen molar-refractivity contribution in [1.82, 2.24) is 10.3 Å². The molecule has 1 aliphatic heterocycles. The molecule has 1 aromatic heterocycles. The molecular weight excluding hydrogens is 270 g/mol. The Kier molecular flexibility index (Phi) is 3.90. The van der Waals surface area contributed by atoms with Crippen molar-refractivity contribution in [1.29, 1.82) is 0 Å². The van der Waals surface area contributed by atoms with Gasteiger partial charge in [0.05, 0.1) is 5.02 Å². The fourth-order valence-electron chi connectivity index (χ4n) is 2.22. The van der Waals surface area contributed by atoms with Gasteiger partial charge in [-0.25, -0.2) is 9.78 Å². The molecule has 2 rings (SSSR count). The van der Waals surface area contributed by atoms with Gasteiger partial charge in [-0.05, 0) is 25.0 Å². The van der Waals surface area contributed by atoms with Crippen LogP contribution in [-0.4, -0.2) is 41.6 Å². The van der Waals surface area contributed by atoms with Crippen LogP contribution in [0.5, 0.6) is 0 Å². The average molecular weight is 284 g/mol. The molecule has 1 amide bonds. The van der Waals surface area contributed by atoms with Gasteiger partial charge in [0, 0.05) is 13.6 Å². The summed E-state index contributed by atoms with van der Waals surface area (Å²) in [6.45, 7) is 0.672. The minimum absolute atomic E-state index is 0.0898. The van der Waals surface area contributed by atoms with Crippen molar-refractivity contribution in [2.45, 2.75) is 18.9 Å². The van der Waals surface area contributed by atoms with Gasteiger partial charge in [0.2, 0.25) is 5.91 Å². The van der Waals surface area contributed by atoms with E-state index in [4.69, 9.17) is 16.7 Å². The number of carboxylic acid groups (broad SMARTS) is 1. The summed E-state index contributed by atoms with van der Waals surface area (Å²) in [7, 11) is 1.58. The number of hydrogen-bond donors (Lipinski definition) is 2. The lowest BCUT2D eigenvalue weighted by atomic mass is 10.2. The lowest BCUT2D eigenvalue weighted by Gasteiger charge is -2.24. The predicted molar refractivity (Wildman–Crippen MR) is 70.6 cm³/mol. The van der Waals surface area contributed by atoms with Crippen molar-refractivity contribution in [2.75, 3.05) is 18.5 Å². The number of carboxylic acids is 1. The second kappa shape index (κ2) is 5.44. The van der Waals surface area contributed by atoms with Gasteiger partial charge in [-0.15, -0.1) is 0 Å². The third kappa shape index (κ3) is 2.63. The Labute approximate surface area is 115 Å². The van der Waals surface area contributed by atoms with Crippen LogP contribution in [0.4, 0.5) is 5.82 Å². The maximum Gasteiger partial charge on any atom is 0.356 e. The number of rotatable bonds is 3. The van der Waals surface area contributed by atoms with Gasteiger partial charge in [0.15, 0.2) is 5.69 Å². The molecule has 1 atom stereocenters. The highest BCUT2D eigenvalue weighted by atomic mass is 35.5. The Balaban J connectivity index is 2.33. The van der Waals surface area contributed by atoms with Crippen LogP contribution in [0, 0.1) is 0 Å². The molecule has 1 unspecified atom stereocenters. The van der Waals surface area contributed by atoms with E-state index >= 15 is 0 Å². The minimum Gasteiger partial charge on any atom is -0.476 e. The number of nitrogens with zero attached hydrogens (tertiary/aromatic N) is 2. The molecule has 1 aromatic rings. The van der Waals surface area contributed by atoms with Gasteiger partial charge < -0.3 is 15.3 Å². The highest BCUT2D eigenvalue weighted by Gasteiger charge is 2.31. The molecule has 7 heteroatoms. The number of aromatic carboxylic acids is 1. The largest absolute Gasteiger partial charge is 0.476 e. The Morgan fingerprint density at radius 1 is 1.53 bits per heavy atom. The number of hydrogen-bond acceptors (Lipinski definition) is 4. The zero-order valence-corrected chi connectivity index (χ0v) is 11.1. The van der Waals surface area contributed by atoms with Crippen molar-refractivity contribution in [3.8, 4) is 0 Å². The normalized spacial score (nSPS) is 18.4. The fourth-order valence-corrected chi connectivity index (χ4v) is 2.41. The van der Waals surface area contributed by atoms with Gasteiger partial charge in [-0.2, -0.15) is 0 Å². The molecule has 1 aliphatic rings. The number of carbonyl (C=O) groups excluding carboxylic acids is 1. The minimum atomic E-state index is -1.18. The predicted octanol–water partition coefficient (Wildman–Crippen LogP) is 1.15. The molecule has 2 N–H and O–H groups in total. The number of nitrogens with one attached hydrogen (secondary N) is 1. The molecule has 0 saturated carbocycles. The summed E-state index contributed by atoms with van der Waals surface area (Å²) in [4.78, 5) is 28.6. The van der Waals surface area contributed by atoms with Crippen molar-refractivity contribution < 1.29 is 14.7 Å². The maximum absolute atomic E-state index is 11.8. The van der Waals surface area contributed by atoms with E-state index < -0.39 is 5.97 Å². The van der Waals surface area contributed by atoms with E-state index in [1.54, 1.807) is 13.1 Å². The summed E-state index contributed by atoms with van der Waals surface area (Å²) in [5.41, 5.74) is -0.193. The highest BCUT2D eigenvalue weighted by molar-refractivity contribution is 6.33. The first-order valence-electron chi connectivity index (χ1n) is 5.92. The average Bonchev–Trinajstić information content (AvgIpc) is 2.87. The lowest BCUT2D eigenvalue weighted by molar-refractivity contribution is -0.121. The number of aromatic nitrogens is 1. The third-order valence-corrected chi connectivity index (χ3v) is 3.43. The van der Waals surface area contributed by atoms with Crippen LogP contribution in [0.2, 0.25) is 5.02 Å². The van der Waals surface area contributed by atoms with E-state index in [1.165, 1.54) is 6.07 Å². The Hall–Kier alpha value is -1.82. The molecule has 1 saturated heterocycles. The number of halogens is 1. The highest BCUT2D eigenvalue weighted by Crippen LogP contribution is 2.26. The summed E-state index contributed by atoms with van der Waals surface area (Å²) in [6, 6.07) is 2.82. The Bertz CT molecular complexity index is 521. The van der Waals surface area contributed by atoms with Crippen LogP contribution >= 0.6 is 11.6 Å². The molecule has 2 heterocycles. The molecule has 0 bridgehead atoms. The number of anilines is 1. The number of amides is 1. The van der Waals surface area contributed by atoms with E-state index in [2.05, 4.69) is 10.3 Å². The second-order valence-electron chi connectivity index (χ2n) is 4.27. The van der Waals surface area contributed by atoms with Crippen LogP contribution in [0.25, 0.3) is 0 Å². The first kappa shape index (κ1) is 13.6. The number of likely N-dealkylation sites (N-methyl/N-ethyl adjacent to an activating group) is 1. The molecule has 19 heavy (non-hydrogen) atoms. The molecular formula is C12H14ClN3O3. The van der Waals surface area contributed by atoms with Crippen molar-refractivity contribution in [3.63, 3.8) is 0 Å². The first-order valence-corrected chi connectivity index (χ1v) is 6.30. The third-order valence-electron chi connectivity index (χ3n) is 3.13. The van der Waals surface area contributed by atoms with Gasteiger partial charge in [-0.1, -0.05) is 11.6 Å². The molecule has 6 nitrogen and oxygen atoms in total. The summed E-state index contributed by atoms with van der Waals surface area (Å²) in [5, 5.41) is 11.7. The van der Waals surface area contributed by atoms with E-state index in [0.717, 1.165) is 12.8 Å². The van der Waals surface area contributed by atoms with E-state index in [9.17, 15) is 9.59 Å². The monoisotopic (exact) mass is 283 g/mol. The molecule has 0 aromatic carbocycles. The van der Waals surface area contributed by atoms with Crippen LogP contribution in [0.15, 0.2) is 12.1 Å². The van der Waals surface area contributed by atoms with E-state index in [1.807, 2.05) is 4.90 Å². The molecule has 0 spiro atoms. The summed E-state index contributed by atoms with van der Waals surface area (Å²) < 4.78 is 0. The summed E-state index contributed by atoms with van der Waals surface area (Å²) in [5.74, 6) is -0.804. The van der Waals surface area contributed by atoms with Crippen LogP contribution in [0.3, 0.4) is 0 Å². The number of pyridine rings is 1. The van der Waals surface area contributed by atoms with Crippen molar-refractivity contribution in [2.24, 2.45) is 0 Å². The Morgan fingerprint density at radius 3 is 2.89 bits per heavy atom. The van der Waals surface area contributed by atoms with Crippen LogP contribution in [-0.2, 0) is 4.79 Å². The first-order chi connectivity index (χ1) is 9.04. The second-order valence-corrected chi connectivity index (χ2v) is 4.68. The number of carbonyl (C=O) groups is 2. The maximum atomic E-state index is 11.8. The fraction of sp³-hybridized carbons (Fsp3) is 0.417. The van der Waals surface area contributed by atoms with Gasteiger partial charge in [-0.3, -0.25) is 4.79 Å². The summed E-state index contributed by atoms with van der Waals surface area (Å²) in [6.07, 6.45) is 1.59.